The molecule has 6 heteroatoms. The average molecular weight is 402 g/mol. The van der Waals surface area contributed by atoms with Gasteiger partial charge in [-0.3, -0.25) is 9.69 Å². The molecule has 29 heavy (non-hydrogen) atoms. The molecule has 6 nitrogen and oxygen atoms in total. The molecule has 2 atom stereocenters. The lowest BCUT2D eigenvalue weighted by Gasteiger charge is -2.38. The van der Waals surface area contributed by atoms with E-state index < -0.39 is 0 Å². The number of aliphatic hydroxyl groups excluding tert-OH is 1. The van der Waals surface area contributed by atoms with Gasteiger partial charge in [0.1, 0.15) is 0 Å². The summed E-state index contributed by atoms with van der Waals surface area (Å²) in [6.07, 6.45) is 4.64. The molecule has 0 aliphatic carbocycles. The highest BCUT2D eigenvalue weighted by atomic mass is 16.5. The Labute approximate surface area is 174 Å². The fourth-order valence-corrected chi connectivity index (χ4v) is 5.06. The summed E-state index contributed by atoms with van der Waals surface area (Å²) in [6, 6.07) is 8.26. The van der Waals surface area contributed by atoms with Crippen molar-refractivity contribution in [2.75, 3.05) is 58.3 Å². The number of hydrogen-bond donors (Lipinski definition) is 1. The van der Waals surface area contributed by atoms with E-state index >= 15 is 0 Å². The molecule has 4 rings (SSSR count). The summed E-state index contributed by atoms with van der Waals surface area (Å²) in [5.41, 5.74) is 2.48. The Bertz CT molecular complexity index is 698. The number of rotatable bonds is 5. The zero-order chi connectivity index (χ0) is 20.4. The number of nitrogens with zero attached hydrogens (tertiary/aromatic N) is 3. The third-order valence-electron chi connectivity index (χ3n) is 6.98. The van der Waals surface area contributed by atoms with Gasteiger partial charge in [-0.1, -0.05) is 12.1 Å². The van der Waals surface area contributed by atoms with Gasteiger partial charge in [0.05, 0.1) is 25.2 Å². The second-order valence-corrected chi connectivity index (χ2v) is 9.46. The van der Waals surface area contributed by atoms with Crippen LogP contribution in [-0.2, 0) is 16.0 Å². The first-order valence-electron chi connectivity index (χ1n) is 11.0. The number of carbonyl (C=O) groups excluding carboxylic acids is 1. The van der Waals surface area contributed by atoms with Gasteiger partial charge in [0.25, 0.3) is 0 Å². The van der Waals surface area contributed by atoms with Gasteiger partial charge in [-0.25, -0.2) is 0 Å². The third kappa shape index (κ3) is 4.93. The van der Waals surface area contributed by atoms with Crippen LogP contribution in [0.4, 0.5) is 5.69 Å². The van der Waals surface area contributed by atoms with E-state index in [0.717, 1.165) is 76.3 Å². The van der Waals surface area contributed by atoms with E-state index in [4.69, 9.17) is 4.74 Å². The van der Waals surface area contributed by atoms with Crippen LogP contribution in [-0.4, -0.2) is 86.4 Å². The minimum atomic E-state index is -0.168. The molecule has 1 spiro atoms. The van der Waals surface area contributed by atoms with Gasteiger partial charge >= 0.3 is 0 Å². The SMILES string of the molecule is CN(C)c1ccc(CC(=O)N2CCC3(CC2)CO[C@H](CN2CC[C@H](O)C2)C3)cc1. The molecule has 1 amide bonds. The van der Waals surface area contributed by atoms with Gasteiger partial charge < -0.3 is 19.6 Å². The highest BCUT2D eigenvalue weighted by Crippen LogP contribution is 2.42. The van der Waals surface area contributed by atoms with Crippen molar-refractivity contribution in [3.63, 3.8) is 0 Å². The molecular formula is C23H35N3O3. The molecule has 160 valence electrons. The summed E-state index contributed by atoms with van der Waals surface area (Å²) in [7, 11) is 4.05. The van der Waals surface area contributed by atoms with Crippen LogP contribution in [0.2, 0.25) is 0 Å². The molecule has 0 radical (unpaired) electrons. The summed E-state index contributed by atoms with van der Waals surface area (Å²) in [5.74, 6) is 0.235. The lowest BCUT2D eigenvalue weighted by molar-refractivity contribution is -0.132. The fourth-order valence-electron chi connectivity index (χ4n) is 5.06. The summed E-state index contributed by atoms with van der Waals surface area (Å²) in [6.45, 7) is 5.20. The van der Waals surface area contributed by atoms with Crippen LogP contribution in [0.3, 0.4) is 0 Å². The van der Waals surface area contributed by atoms with E-state index in [0.29, 0.717) is 6.42 Å². The molecule has 1 N–H and O–H groups in total. The largest absolute Gasteiger partial charge is 0.392 e. The quantitative estimate of drug-likeness (QED) is 0.815. The molecule has 3 heterocycles. The van der Waals surface area contributed by atoms with Crippen LogP contribution in [0.5, 0.6) is 0 Å². The maximum atomic E-state index is 12.8. The van der Waals surface area contributed by atoms with Crippen molar-refractivity contribution in [3.05, 3.63) is 29.8 Å². The van der Waals surface area contributed by atoms with E-state index in [9.17, 15) is 9.90 Å². The van der Waals surface area contributed by atoms with Crippen molar-refractivity contribution >= 4 is 11.6 Å². The maximum Gasteiger partial charge on any atom is 0.226 e. The van der Waals surface area contributed by atoms with Gasteiger partial charge in [0, 0.05) is 52.5 Å². The molecule has 0 bridgehead atoms. The first kappa shape index (κ1) is 20.6. The monoisotopic (exact) mass is 401 g/mol. The molecule has 0 saturated carbocycles. The topological polar surface area (TPSA) is 56.2 Å². The number of hydrogen-bond acceptors (Lipinski definition) is 5. The zero-order valence-electron chi connectivity index (χ0n) is 17.8. The molecular weight excluding hydrogens is 366 g/mol. The smallest absolute Gasteiger partial charge is 0.226 e. The number of aliphatic hydroxyl groups is 1. The Kier molecular flexibility index (Phi) is 6.13. The van der Waals surface area contributed by atoms with E-state index in [2.05, 4.69) is 34.1 Å². The first-order valence-corrected chi connectivity index (χ1v) is 11.0. The Hall–Kier alpha value is -1.63. The Morgan fingerprint density at radius 2 is 1.93 bits per heavy atom. The molecule has 1 aromatic rings. The van der Waals surface area contributed by atoms with Crippen LogP contribution in [0, 0.1) is 5.41 Å². The van der Waals surface area contributed by atoms with Crippen molar-refractivity contribution in [3.8, 4) is 0 Å². The summed E-state index contributed by atoms with van der Waals surface area (Å²) in [4.78, 5) is 19.2. The van der Waals surface area contributed by atoms with Crippen molar-refractivity contribution < 1.29 is 14.6 Å². The Balaban J connectivity index is 1.24. The van der Waals surface area contributed by atoms with E-state index in [1.54, 1.807) is 0 Å². The van der Waals surface area contributed by atoms with Gasteiger partial charge in [0.15, 0.2) is 0 Å². The standard InChI is InChI=1S/C23H35N3O3/c1-24(2)19-5-3-18(4-6-19)13-22(28)26-11-8-23(9-12-26)14-21(29-17-23)16-25-10-7-20(27)15-25/h3-6,20-21,27H,7-17H2,1-2H3/t20-,21-/m0/s1. The van der Waals surface area contributed by atoms with Crippen LogP contribution < -0.4 is 4.90 Å². The molecule has 1 aromatic carbocycles. The number of ether oxygens (including phenoxy) is 1. The lowest BCUT2D eigenvalue weighted by atomic mass is 9.76. The van der Waals surface area contributed by atoms with Gasteiger partial charge in [-0.15, -0.1) is 0 Å². The second kappa shape index (κ2) is 8.62. The molecule has 3 fully saturated rings. The number of benzene rings is 1. The second-order valence-electron chi connectivity index (χ2n) is 9.46. The summed E-state index contributed by atoms with van der Waals surface area (Å²) < 4.78 is 6.13. The molecule has 0 unspecified atom stereocenters. The molecule has 3 aliphatic rings. The van der Waals surface area contributed by atoms with Crippen molar-refractivity contribution in [1.29, 1.82) is 0 Å². The van der Waals surface area contributed by atoms with Gasteiger partial charge in [-0.2, -0.15) is 0 Å². The van der Waals surface area contributed by atoms with E-state index in [1.807, 2.05) is 19.0 Å². The fraction of sp³-hybridized carbons (Fsp3) is 0.696. The number of carbonyl (C=O) groups is 1. The highest BCUT2D eigenvalue weighted by Gasteiger charge is 2.43. The van der Waals surface area contributed by atoms with Crippen LogP contribution in [0.1, 0.15) is 31.2 Å². The summed E-state index contributed by atoms with van der Waals surface area (Å²) in [5, 5.41) is 9.72. The molecule has 0 aromatic heterocycles. The normalized spacial score (nSPS) is 26.9. The number of likely N-dealkylation sites (tertiary alicyclic amines) is 2. The van der Waals surface area contributed by atoms with Crippen LogP contribution >= 0.6 is 0 Å². The average Bonchev–Trinajstić information content (AvgIpc) is 3.29. The zero-order valence-corrected chi connectivity index (χ0v) is 17.8. The van der Waals surface area contributed by atoms with Crippen molar-refractivity contribution in [2.24, 2.45) is 5.41 Å². The molecule has 3 aliphatic heterocycles. The first-order chi connectivity index (χ1) is 13.9. The van der Waals surface area contributed by atoms with Crippen LogP contribution in [0.25, 0.3) is 0 Å². The minimum Gasteiger partial charge on any atom is -0.392 e. The predicted octanol–water partition coefficient (Wildman–Crippen LogP) is 1.76. The van der Waals surface area contributed by atoms with E-state index in [1.165, 1.54) is 0 Å². The Morgan fingerprint density at radius 1 is 1.21 bits per heavy atom. The van der Waals surface area contributed by atoms with Crippen molar-refractivity contribution in [2.45, 2.75) is 44.3 Å². The lowest BCUT2D eigenvalue weighted by Crippen LogP contribution is -2.44. The van der Waals surface area contributed by atoms with Crippen LogP contribution in [0.15, 0.2) is 24.3 Å². The van der Waals surface area contributed by atoms with E-state index in [-0.39, 0.29) is 23.5 Å². The van der Waals surface area contributed by atoms with Crippen molar-refractivity contribution in [1.82, 2.24) is 9.80 Å². The van der Waals surface area contributed by atoms with Gasteiger partial charge in [0.2, 0.25) is 5.91 Å². The number of amides is 1. The number of piperidine rings is 1. The summed E-state index contributed by atoms with van der Waals surface area (Å²) >= 11 is 0. The maximum absolute atomic E-state index is 12.8. The van der Waals surface area contributed by atoms with Gasteiger partial charge in [-0.05, 0) is 48.8 Å². The minimum absolute atomic E-state index is 0.168. The highest BCUT2D eigenvalue weighted by molar-refractivity contribution is 5.79. The number of β-amino-alcohol motifs (C(OH)–C–C–N with tert-alkyl or cyclic N) is 1. The Morgan fingerprint density at radius 3 is 2.55 bits per heavy atom. The number of anilines is 1. The third-order valence-corrected chi connectivity index (χ3v) is 6.98. The molecule has 3 saturated heterocycles. The predicted molar refractivity (Wildman–Crippen MR) is 114 cm³/mol.